The van der Waals surface area contributed by atoms with Crippen molar-refractivity contribution >= 4 is 18.2 Å². The van der Waals surface area contributed by atoms with E-state index in [-0.39, 0.29) is 12.1 Å². The standard InChI is InChI=1S/C10H13N3O3/c1-9(12-7-15)5-10(13-8-16)3-2-4-11-6-14/h9-10H,2-5H2,1H3. The molecular weight excluding hydrogens is 210 g/mol. The van der Waals surface area contributed by atoms with Gasteiger partial charge in [-0.1, -0.05) is 0 Å². The van der Waals surface area contributed by atoms with E-state index in [4.69, 9.17) is 0 Å². The van der Waals surface area contributed by atoms with Crippen molar-refractivity contribution < 1.29 is 14.4 Å². The number of isocyanates is 3. The molecule has 0 aliphatic heterocycles. The maximum atomic E-state index is 10.2. The van der Waals surface area contributed by atoms with Crippen molar-refractivity contribution in [3.8, 4) is 0 Å². The predicted octanol–water partition coefficient (Wildman–Crippen LogP) is 0.921. The largest absolute Gasteiger partial charge is 0.235 e. The summed E-state index contributed by atoms with van der Waals surface area (Å²) in [7, 11) is 0. The second-order valence-electron chi connectivity index (χ2n) is 3.29. The number of hydrogen-bond acceptors (Lipinski definition) is 6. The highest BCUT2D eigenvalue weighted by Crippen LogP contribution is 2.11. The first kappa shape index (κ1) is 14.1. The first-order valence-corrected chi connectivity index (χ1v) is 4.92. The summed E-state index contributed by atoms with van der Waals surface area (Å²) in [5, 5.41) is 0. The Labute approximate surface area is 93.2 Å². The van der Waals surface area contributed by atoms with Crippen LogP contribution in [0.15, 0.2) is 15.0 Å². The minimum Gasteiger partial charge on any atom is -0.211 e. The molecule has 0 saturated heterocycles. The topological polar surface area (TPSA) is 88.3 Å². The number of nitrogens with zero attached hydrogens (tertiary/aromatic N) is 3. The highest BCUT2D eigenvalue weighted by Gasteiger charge is 2.11. The van der Waals surface area contributed by atoms with E-state index in [1.54, 1.807) is 6.92 Å². The monoisotopic (exact) mass is 223 g/mol. The molecule has 0 spiro atoms. The molecule has 6 heteroatoms. The van der Waals surface area contributed by atoms with Crippen LogP contribution in [0.4, 0.5) is 0 Å². The van der Waals surface area contributed by atoms with Gasteiger partial charge in [0.2, 0.25) is 18.2 Å². The van der Waals surface area contributed by atoms with Crippen molar-refractivity contribution in [2.75, 3.05) is 6.54 Å². The SMILES string of the molecule is CC(CC(CCCN=C=O)N=C=O)N=C=O. The molecule has 2 unspecified atom stereocenters. The molecule has 0 aromatic rings. The molecule has 6 nitrogen and oxygen atoms in total. The smallest absolute Gasteiger partial charge is 0.211 e. The number of hydrogen-bond donors (Lipinski definition) is 0. The Hall–Kier alpha value is -1.86. The van der Waals surface area contributed by atoms with Gasteiger partial charge >= 0.3 is 0 Å². The van der Waals surface area contributed by atoms with Crippen LogP contribution in [-0.4, -0.2) is 36.9 Å². The zero-order valence-electron chi connectivity index (χ0n) is 9.05. The fourth-order valence-corrected chi connectivity index (χ4v) is 1.30. The summed E-state index contributed by atoms with van der Waals surface area (Å²) in [6.07, 6.45) is 6.08. The van der Waals surface area contributed by atoms with Gasteiger partial charge in [0.05, 0.1) is 18.6 Å². The maximum absolute atomic E-state index is 10.2. The van der Waals surface area contributed by atoms with Gasteiger partial charge in [0.25, 0.3) is 0 Å². The summed E-state index contributed by atoms with van der Waals surface area (Å²) in [6.45, 7) is 2.10. The van der Waals surface area contributed by atoms with Gasteiger partial charge in [0, 0.05) is 0 Å². The van der Waals surface area contributed by atoms with Gasteiger partial charge in [-0.25, -0.2) is 29.4 Å². The minimum atomic E-state index is -0.244. The van der Waals surface area contributed by atoms with Crippen molar-refractivity contribution in [2.45, 2.75) is 38.3 Å². The van der Waals surface area contributed by atoms with E-state index in [1.165, 1.54) is 18.2 Å². The third kappa shape index (κ3) is 7.54. The van der Waals surface area contributed by atoms with E-state index in [0.717, 1.165) is 0 Å². The quantitative estimate of drug-likeness (QED) is 0.348. The molecule has 0 N–H and O–H groups in total. The molecule has 0 saturated carbocycles. The van der Waals surface area contributed by atoms with Gasteiger partial charge in [-0.05, 0) is 26.2 Å². The molecule has 2 atom stereocenters. The molecule has 0 heterocycles. The lowest BCUT2D eigenvalue weighted by atomic mass is 10.0. The third-order valence-corrected chi connectivity index (χ3v) is 1.99. The van der Waals surface area contributed by atoms with Crippen LogP contribution >= 0.6 is 0 Å². The second kappa shape index (κ2) is 9.69. The minimum absolute atomic E-state index is 0.228. The van der Waals surface area contributed by atoms with Gasteiger partial charge in [0.1, 0.15) is 0 Å². The van der Waals surface area contributed by atoms with Crippen LogP contribution in [0.1, 0.15) is 26.2 Å². The molecule has 16 heavy (non-hydrogen) atoms. The van der Waals surface area contributed by atoms with Crippen molar-refractivity contribution in [1.82, 2.24) is 0 Å². The molecule has 0 aromatic carbocycles. The van der Waals surface area contributed by atoms with Gasteiger partial charge < -0.3 is 0 Å². The van der Waals surface area contributed by atoms with Gasteiger partial charge in [0.15, 0.2) is 0 Å². The Balaban J connectivity index is 4.10. The van der Waals surface area contributed by atoms with E-state index in [1.807, 2.05) is 0 Å². The molecule has 86 valence electrons. The lowest BCUT2D eigenvalue weighted by Crippen LogP contribution is -2.12. The third-order valence-electron chi connectivity index (χ3n) is 1.99. The van der Waals surface area contributed by atoms with E-state index >= 15 is 0 Å². The van der Waals surface area contributed by atoms with Crippen molar-refractivity contribution in [3.05, 3.63) is 0 Å². The summed E-state index contributed by atoms with van der Waals surface area (Å²) in [5.41, 5.74) is 0. The molecule has 0 radical (unpaired) electrons. The summed E-state index contributed by atoms with van der Waals surface area (Å²) < 4.78 is 0. The second-order valence-corrected chi connectivity index (χ2v) is 3.29. The predicted molar refractivity (Wildman–Crippen MR) is 56.3 cm³/mol. The van der Waals surface area contributed by atoms with Gasteiger partial charge in [-0.2, -0.15) is 0 Å². The Morgan fingerprint density at radius 3 is 2.31 bits per heavy atom. The van der Waals surface area contributed by atoms with E-state index < -0.39 is 0 Å². The van der Waals surface area contributed by atoms with Crippen LogP contribution in [0.25, 0.3) is 0 Å². The molecule has 0 aromatic heterocycles. The van der Waals surface area contributed by atoms with Crippen LogP contribution in [0.2, 0.25) is 0 Å². The zero-order valence-corrected chi connectivity index (χ0v) is 9.05. The Kier molecular flexibility index (Phi) is 8.56. The number of rotatable bonds is 8. The fraction of sp³-hybridized carbons (Fsp3) is 0.700. The lowest BCUT2D eigenvalue weighted by Gasteiger charge is -2.11. The highest BCUT2D eigenvalue weighted by molar-refractivity contribution is 5.34. The summed E-state index contributed by atoms with van der Waals surface area (Å²) in [4.78, 5) is 40.5. The van der Waals surface area contributed by atoms with Crippen LogP contribution in [0, 0.1) is 0 Å². The van der Waals surface area contributed by atoms with E-state index in [9.17, 15) is 14.4 Å². The Morgan fingerprint density at radius 2 is 1.75 bits per heavy atom. The van der Waals surface area contributed by atoms with Crippen LogP contribution in [0.5, 0.6) is 0 Å². The fourth-order valence-electron chi connectivity index (χ4n) is 1.30. The average molecular weight is 223 g/mol. The normalized spacial score (nSPS) is 12.6. The first-order chi connectivity index (χ1) is 7.74. The van der Waals surface area contributed by atoms with Crippen LogP contribution < -0.4 is 0 Å². The van der Waals surface area contributed by atoms with E-state index in [2.05, 4.69) is 15.0 Å². The number of aliphatic imine (C=N–C) groups is 3. The van der Waals surface area contributed by atoms with Crippen molar-refractivity contribution in [1.29, 1.82) is 0 Å². The van der Waals surface area contributed by atoms with Gasteiger partial charge in [-0.15, -0.1) is 0 Å². The molecule has 0 bridgehead atoms. The molecular formula is C10H13N3O3. The summed E-state index contributed by atoms with van der Waals surface area (Å²) >= 11 is 0. The Bertz CT molecular complexity index is 337. The first-order valence-electron chi connectivity index (χ1n) is 4.92. The van der Waals surface area contributed by atoms with Crippen LogP contribution in [0.3, 0.4) is 0 Å². The summed E-state index contributed by atoms with van der Waals surface area (Å²) in [5.74, 6) is 0. The van der Waals surface area contributed by atoms with Crippen molar-refractivity contribution in [2.24, 2.45) is 15.0 Å². The van der Waals surface area contributed by atoms with Crippen LogP contribution in [-0.2, 0) is 14.4 Å². The van der Waals surface area contributed by atoms with E-state index in [0.29, 0.717) is 25.8 Å². The zero-order chi connectivity index (χ0) is 12.2. The maximum Gasteiger partial charge on any atom is 0.235 e. The van der Waals surface area contributed by atoms with Gasteiger partial charge in [-0.3, -0.25) is 0 Å². The summed E-state index contributed by atoms with van der Waals surface area (Å²) in [6, 6.07) is -0.472. The molecule has 0 fully saturated rings. The molecule has 0 rings (SSSR count). The number of carbonyl (C=O) groups excluding carboxylic acids is 3. The Morgan fingerprint density at radius 1 is 1.06 bits per heavy atom. The lowest BCUT2D eigenvalue weighted by molar-refractivity contribution is 0.493. The average Bonchev–Trinajstić information content (AvgIpc) is 2.25. The highest BCUT2D eigenvalue weighted by atomic mass is 16.1. The molecule has 0 aliphatic carbocycles. The molecule has 0 amide bonds. The van der Waals surface area contributed by atoms with Crippen molar-refractivity contribution in [3.63, 3.8) is 0 Å². The molecule has 0 aliphatic rings.